The standard InChI is InChI=1S/C13H19N3O2S/c1-16(19(2,17)18)8-4-7-15-11-13-6-3-5-12(9-13)10-14/h3,5-6,9,15H,4,7-8,11H2,1-2H3. The van der Waals surface area contributed by atoms with Crippen LogP contribution in [0.5, 0.6) is 0 Å². The molecular weight excluding hydrogens is 262 g/mol. The Morgan fingerprint density at radius 3 is 2.79 bits per heavy atom. The van der Waals surface area contributed by atoms with E-state index in [1.165, 1.54) is 10.6 Å². The van der Waals surface area contributed by atoms with Crippen LogP contribution in [0.3, 0.4) is 0 Å². The van der Waals surface area contributed by atoms with Crippen molar-refractivity contribution >= 4 is 10.0 Å². The molecule has 0 bridgehead atoms. The highest BCUT2D eigenvalue weighted by atomic mass is 32.2. The van der Waals surface area contributed by atoms with Crippen molar-refractivity contribution in [2.24, 2.45) is 0 Å². The molecule has 0 aromatic heterocycles. The van der Waals surface area contributed by atoms with Gasteiger partial charge in [0.15, 0.2) is 0 Å². The molecule has 1 N–H and O–H groups in total. The van der Waals surface area contributed by atoms with E-state index in [2.05, 4.69) is 11.4 Å². The van der Waals surface area contributed by atoms with E-state index >= 15 is 0 Å². The van der Waals surface area contributed by atoms with E-state index < -0.39 is 10.0 Å². The highest BCUT2D eigenvalue weighted by Gasteiger charge is 2.09. The first kappa shape index (κ1) is 15.6. The number of nitriles is 1. The maximum atomic E-state index is 11.2. The van der Waals surface area contributed by atoms with Crippen molar-refractivity contribution in [2.45, 2.75) is 13.0 Å². The van der Waals surface area contributed by atoms with Gasteiger partial charge in [-0.15, -0.1) is 0 Å². The summed E-state index contributed by atoms with van der Waals surface area (Å²) >= 11 is 0. The Kier molecular flexibility index (Phi) is 5.96. The second-order valence-electron chi connectivity index (χ2n) is 4.43. The molecule has 0 heterocycles. The molecule has 0 saturated heterocycles. The Morgan fingerprint density at radius 2 is 2.16 bits per heavy atom. The van der Waals surface area contributed by atoms with Crippen LogP contribution in [0.25, 0.3) is 0 Å². The Morgan fingerprint density at radius 1 is 1.42 bits per heavy atom. The molecule has 0 spiro atoms. The predicted molar refractivity (Wildman–Crippen MR) is 75.0 cm³/mol. The van der Waals surface area contributed by atoms with Crippen LogP contribution in [-0.2, 0) is 16.6 Å². The molecule has 0 fully saturated rings. The predicted octanol–water partition coefficient (Wildman–Crippen LogP) is 0.929. The molecule has 0 atom stereocenters. The molecule has 1 aromatic rings. The molecule has 0 amide bonds. The minimum absolute atomic E-state index is 0.504. The third-order valence-corrected chi connectivity index (χ3v) is 4.09. The van der Waals surface area contributed by atoms with E-state index in [-0.39, 0.29) is 0 Å². The molecule has 0 aliphatic heterocycles. The monoisotopic (exact) mass is 281 g/mol. The largest absolute Gasteiger partial charge is 0.313 e. The Labute approximate surface area is 114 Å². The highest BCUT2D eigenvalue weighted by Crippen LogP contribution is 2.03. The van der Waals surface area contributed by atoms with E-state index in [1.54, 1.807) is 13.1 Å². The van der Waals surface area contributed by atoms with E-state index in [4.69, 9.17) is 5.26 Å². The first-order valence-electron chi connectivity index (χ1n) is 6.04. The first-order chi connectivity index (χ1) is 8.93. The lowest BCUT2D eigenvalue weighted by molar-refractivity contribution is 0.458. The smallest absolute Gasteiger partial charge is 0.210 e. The van der Waals surface area contributed by atoms with Crippen molar-refractivity contribution < 1.29 is 8.42 Å². The first-order valence-corrected chi connectivity index (χ1v) is 7.89. The van der Waals surface area contributed by atoms with E-state index in [9.17, 15) is 8.42 Å². The molecule has 0 aliphatic rings. The third-order valence-electron chi connectivity index (χ3n) is 2.78. The van der Waals surface area contributed by atoms with Gasteiger partial charge in [-0.3, -0.25) is 0 Å². The van der Waals surface area contributed by atoms with Crippen LogP contribution in [0.2, 0.25) is 0 Å². The van der Waals surface area contributed by atoms with E-state index in [0.717, 1.165) is 18.5 Å². The van der Waals surface area contributed by atoms with Gasteiger partial charge in [0, 0.05) is 20.1 Å². The normalized spacial score (nSPS) is 11.5. The van der Waals surface area contributed by atoms with E-state index in [0.29, 0.717) is 18.7 Å². The highest BCUT2D eigenvalue weighted by molar-refractivity contribution is 7.88. The number of nitrogens with zero attached hydrogens (tertiary/aromatic N) is 2. The number of nitrogens with one attached hydrogen (secondary N) is 1. The summed E-state index contributed by atoms with van der Waals surface area (Å²) in [6.45, 7) is 1.92. The molecule has 0 aliphatic carbocycles. The van der Waals surface area contributed by atoms with Gasteiger partial charge >= 0.3 is 0 Å². The summed E-state index contributed by atoms with van der Waals surface area (Å²) in [5.41, 5.74) is 1.70. The summed E-state index contributed by atoms with van der Waals surface area (Å²) in [6, 6.07) is 9.52. The molecule has 0 unspecified atom stereocenters. The van der Waals surface area contributed by atoms with Gasteiger partial charge in [0.1, 0.15) is 0 Å². The molecular formula is C13H19N3O2S. The van der Waals surface area contributed by atoms with Crippen LogP contribution in [0.15, 0.2) is 24.3 Å². The Bertz CT molecular complexity index is 549. The van der Waals surface area contributed by atoms with Gasteiger partial charge in [-0.05, 0) is 30.7 Å². The fourth-order valence-electron chi connectivity index (χ4n) is 1.58. The summed E-state index contributed by atoms with van der Waals surface area (Å²) in [5.74, 6) is 0. The van der Waals surface area contributed by atoms with Crippen LogP contribution in [-0.4, -0.2) is 39.1 Å². The number of rotatable bonds is 7. The van der Waals surface area contributed by atoms with Crippen LogP contribution in [0, 0.1) is 11.3 Å². The topological polar surface area (TPSA) is 73.2 Å². The number of hydrogen-bond acceptors (Lipinski definition) is 4. The third kappa shape index (κ3) is 5.83. The van der Waals surface area contributed by atoms with Crippen LogP contribution >= 0.6 is 0 Å². The zero-order valence-electron chi connectivity index (χ0n) is 11.3. The SMILES string of the molecule is CN(CCCNCc1cccc(C#N)c1)S(C)(=O)=O. The van der Waals surface area contributed by atoms with Gasteiger partial charge < -0.3 is 5.32 Å². The summed E-state index contributed by atoms with van der Waals surface area (Å²) < 4.78 is 23.7. The van der Waals surface area contributed by atoms with Gasteiger partial charge in [0.05, 0.1) is 17.9 Å². The summed E-state index contributed by atoms with van der Waals surface area (Å²) in [5, 5.41) is 12.0. The molecule has 6 heteroatoms. The molecule has 1 rings (SSSR count). The Hall–Kier alpha value is -1.42. The summed E-state index contributed by atoms with van der Waals surface area (Å²) in [7, 11) is -1.51. The van der Waals surface area contributed by atoms with Crippen molar-refractivity contribution in [1.29, 1.82) is 5.26 Å². The molecule has 0 saturated carbocycles. The second kappa shape index (κ2) is 7.24. The molecule has 5 nitrogen and oxygen atoms in total. The second-order valence-corrected chi connectivity index (χ2v) is 6.52. The van der Waals surface area contributed by atoms with Gasteiger partial charge in [0.2, 0.25) is 10.0 Å². The fraction of sp³-hybridized carbons (Fsp3) is 0.462. The zero-order valence-corrected chi connectivity index (χ0v) is 12.1. The van der Waals surface area contributed by atoms with Crippen molar-refractivity contribution in [3.63, 3.8) is 0 Å². The average molecular weight is 281 g/mol. The average Bonchev–Trinajstić information content (AvgIpc) is 2.37. The summed E-state index contributed by atoms with van der Waals surface area (Å²) in [4.78, 5) is 0. The molecule has 0 radical (unpaired) electrons. The minimum atomic E-state index is -3.08. The Balaban J connectivity index is 2.26. The molecule has 104 valence electrons. The number of benzene rings is 1. The van der Waals surface area contributed by atoms with Gasteiger partial charge in [-0.2, -0.15) is 5.26 Å². The van der Waals surface area contributed by atoms with Crippen LogP contribution in [0.1, 0.15) is 17.5 Å². The van der Waals surface area contributed by atoms with Crippen LogP contribution in [0.4, 0.5) is 0 Å². The van der Waals surface area contributed by atoms with Crippen molar-refractivity contribution in [1.82, 2.24) is 9.62 Å². The number of sulfonamides is 1. The van der Waals surface area contributed by atoms with Crippen LogP contribution < -0.4 is 5.32 Å². The van der Waals surface area contributed by atoms with E-state index in [1.807, 2.05) is 18.2 Å². The van der Waals surface area contributed by atoms with Gasteiger partial charge in [-0.25, -0.2) is 12.7 Å². The number of hydrogen-bond donors (Lipinski definition) is 1. The fourth-order valence-corrected chi connectivity index (χ4v) is 2.04. The quantitative estimate of drug-likeness (QED) is 0.755. The lowest BCUT2D eigenvalue weighted by atomic mass is 10.1. The van der Waals surface area contributed by atoms with Gasteiger partial charge in [0.25, 0.3) is 0 Å². The maximum absolute atomic E-state index is 11.2. The maximum Gasteiger partial charge on any atom is 0.210 e. The molecule has 1 aromatic carbocycles. The molecule has 19 heavy (non-hydrogen) atoms. The van der Waals surface area contributed by atoms with Crippen molar-refractivity contribution in [3.05, 3.63) is 35.4 Å². The minimum Gasteiger partial charge on any atom is -0.313 e. The van der Waals surface area contributed by atoms with Crippen molar-refractivity contribution in [3.8, 4) is 6.07 Å². The lowest BCUT2D eigenvalue weighted by Crippen LogP contribution is -2.28. The summed E-state index contributed by atoms with van der Waals surface area (Å²) in [6.07, 6.45) is 1.95. The van der Waals surface area contributed by atoms with Crippen molar-refractivity contribution in [2.75, 3.05) is 26.4 Å². The van der Waals surface area contributed by atoms with Gasteiger partial charge in [-0.1, -0.05) is 12.1 Å². The zero-order chi connectivity index (χ0) is 14.3. The lowest BCUT2D eigenvalue weighted by Gasteiger charge is -2.13.